The zero-order valence-electron chi connectivity index (χ0n) is 14.5. The first-order chi connectivity index (χ1) is 12.7. The second-order valence-corrected chi connectivity index (χ2v) is 7.93. The minimum absolute atomic E-state index is 0.132. The number of rotatable bonds is 4. The molecule has 1 atom stereocenters. The van der Waals surface area contributed by atoms with Crippen molar-refractivity contribution in [1.82, 2.24) is 4.90 Å². The van der Waals surface area contributed by atoms with Crippen LogP contribution >= 0.6 is 11.8 Å². The van der Waals surface area contributed by atoms with E-state index in [0.29, 0.717) is 18.5 Å². The molecule has 0 aliphatic carbocycles. The summed E-state index contributed by atoms with van der Waals surface area (Å²) in [6.07, 6.45) is 2.11. The van der Waals surface area contributed by atoms with Gasteiger partial charge >= 0.3 is 5.97 Å². The van der Waals surface area contributed by atoms with Gasteiger partial charge in [0, 0.05) is 29.2 Å². The molecule has 2 aromatic carbocycles. The van der Waals surface area contributed by atoms with Gasteiger partial charge in [-0.05, 0) is 31.0 Å². The van der Waals surface area contributed by atoms with Crippen LogP contribution in [0.15, 0.2) is 59.5 Å². The highest BCUT2D eigenvalue weighted by molar-refractivity contribution is 7.99. The smallest absolute Gasteiger partial charge is 0.339 e. The van der Waals surface area contributed by atoms with Gasteiger partial charge in [0.25, 0.3) is 0 Å². The molecule has 0 aromatic heterocycles. The number of fused-ring (bicyclic) bond motifs is 2. The number of hydrogen-bond donors (Lipinski definition) is 0. The summed E-state index contributed by atoms with van der Waals surface area (Å²) in [4.78, 5) is 27.9. The highest BCUT2D eigenvalue weighted by atomic mass is 32.2. The zero-order valence-corrected chi connectivity index (χ0v) is 15.3. The molecule has 4 rings (SSSR count). The Bertz CT molecular complexity index is 823. The minimum atomic E-state index is -0.659. The van der Waals surface area contributed by atoms with Gasteiger partial charge in [-0.25, -0.2) is 4.79 Å². The van der Waals surface area contributed by atoms with Crippen molar-refractivity contribution in [2.24, 2.45) is 0 Å². The van der Waals surface area contributed by atoms with Crippen LogP contribution in [0.1, 0.15) is 35.2 Å². The Morgan fingerprint density at radius 3 is 2.73 bits per heavy atom. The number of amides is 1. The van der Waals surface area contributed by atoms with Crippen LogP contribution in [0.4, 0.5) is 0 Å². The Hall–Kier alpha value is -2.27. The molecule has 2 heterocycles. The third-order valence-corrected chi connectivity index (χ3v) is 6.08. The Kier molecular flexibility index (Phi) is 4.72. The fourth-order valence-corrected chi connectivity index (χ4v) is 4.68. The van der Waals surface area contributed by atoms with Crippen LogP contribution < -0.4 is 0 Å². The first-order valence-corrected chi connectivity index (χ1v) is 9.95. The fraction of sp³-hybridized carbons (Fsp3) is 0.333. The average Bonchev–Trinajstić information content (AvgIpc) is 2.94. The summed E-state index contributed by atoms with van der Waals surface area (Å²) < 4.78 is 5.78. The van der Waals surface area contributed by atoms with E-state index in [0.717, 1.165) is 30.7 Å². The molecular formula is C21H21NO3S. The van der Waals surface area contributed by atoms with Gasteiger partial charge in [0.2, 0.25) is 5.91 Å². The second kappa shape index (κ2) is 7.16. The Morgan fingerprint density at radius 2 is 1.88 bits per heavy atom. The number of carbonyl (C=O) groups excluding carboxylic acids is 2. The summed E-state index contributed by atoms with van der Waals surface area (Å²) in [5.74, 6) is 0.616. The number of likely N-dealkylation sites (tertiary alicyclic amines) is 1. The molecule has 0 N–H and O–H groups in total. The lowest BCUT2D eigenvalue weighted by atomic mass is 9.85. The molecule has 2 aromatic rings. The van der Waals surface area contributed by atoms with E-state index in [9.17, 15) is 9.59 Å². The van der Waals surface area contributed by atoms with E-state index in [1.54, 1.807) is 11.8 Å². The van der Waals surface area contributed by atoms with Crippen molar-refractivity contribution in [3.8, 4) is 0 Å². The summed E-state index contributed by atoms with van der Waals surface area (Å²) in [7, 11) is 0. The van der Waals surface area contributed by atoms with E-state index < -0.39 is 5.60 Å². The standard InChI is InChI=1S/C21H21NO3S/c23-19(11-14-26-16-7-2-1-3-8-16)22-13-6-12-21(15-22)18-10-5-4-9-17(18)20(24)25-21/h1-5,7-10H,6,11-15H2/t21-/m0/s1. The fourth-order valence-electron chi connectivity index (χ4n) is 3.81. The van der Waals surface area contributed by atoms with Crippen LogP contribution in [0.3, 0.4) is 0 Å². The maximum atomic E-state index is 12.7. The normalized spacial score (nSPS) is 21.5. The molecule has 26 heavy (non-hydrogen) atoms. The van der Waals surface area contributed by atoms with Crippen LogP contribution in [0.25, 0.3) is 0 Å². The Labute approximate surface area is 157 Å². The largest absolute Gasteiger partial charge is 0.449 e. The van der Waals surface area contributed by atoms with Gasteiger partial charge in [-0.3, -0.25) is 4.79 Å². The molecule has 0 bridgehead atoms. The maximum Gasteiger partial charge on any atom is 0.339 e. The third-order valence-electron chi connectivity index (χ3n) is 5.06. The molecule has 5 heteroatoms. The van der Waals surface area contributed by atoms with E-state index >= 15 is 0 Å². The highest BCUT2D eigenvalue weighted by Crippen LogP contribution is 2.42. The van der Waals surface area contributed by atoms with Gasteiger partial charge in [-0.1, -0.05) is 36.4 Å². The van der Waals surface area contributed by atoms with Gasteiger partial charge in [0.05, 0.1) is 12.1 Å². The van der Waals surface area contributed by atoms with Gasteiger partial charge in [-0.2, -0.15) is 0 Å². The monoisotopic (exact) mass is 367 g/mol. The second-order valence-electron chi connectivity index (χ2n) is 6.76. The Balaban J connectivity index is 1.41. The zero-order chi connectivity index (χ0) is 18.0. The first kappa shape index (κ1) is 17.2. The highest BCUT2D eigenvalue weighted by Gasteiger charge is 2.48. The van der Waals surface area contributed by atoms with E-state index in [1.807, 2.05) is 47.4 Å². The predicted molar refractivity (Wildman–Crippen MR) is 101 cm³/mol. The van der Waals surface area contributed by atoms with Crippen LogP contribution in [0.5, 0.6) is 0 Å². The van der Waals surface area contributed by atoms with Crippen LogP contribution in [0, 0.1) is 0 Å². The molecule has 1 amide bonds. The number of thioether (sulfide) groups is 1. The SMILES string of the molecule is O=C1O[C@]2(CCCN(C(=O)CCSc3ccccc3)C2)c2ccccc21. The summed E-state index contributed by atoms with van der Waals surface area (Å²) in [5.41, 5.74) is 0.913. The number of ether oxygens (including phenoxy) is 1. The lowest BCUT2D eigenvalue weighted by Crippen LogP contribution is -2.48. The van der Waals surface area contributed by atoms with Gasteiger partial charge < -0.3 is 9.64 Å². The Morgan fingerprint density at radius 1 is 1.12 bits per heavy atom. The quantitative estimate of drug-likeness (QED) is 0.608. The lowest BCUT2D eigenvalue weighted by molar-refractivity contribution is -0.138. The molecule has 4 nitrogen and oxygen atoms in total. The number of esters is 1. The summed E-state index contributed by atoms with van der Waals surface area (Å²) in [6.45, 7) is 1.20. The average molecular weight is 367 g/mol. The number of hydrogen-bond acceptors (Lipinski definition) is 4. The molecule has 2 aliphatic heterocycles. The lowest BCUT2D eigenvalue weighted by Gasteiger charge is -2.39. The third kappa shape index (κ3) is 3.23. The first-order valence-electron chi connectivity index (χ1n) is 8.96. The molecule has 2 aliphatic rings. The van der Waals surface area contributed by atoms with Crippen LogP contribution in [-0.4, -0.2) is 35.6 Å². The van der Waals surface area contributed by atoms with E-state index in [4.69, 9.17) is 4.74 Å². The van der Waals surface area contributed by atoms with Crippen molar-refractivity contribution < 1.29 is 14.3 Å². The topological polar surface area (TPSA) is 46.6 Å². The minimum Gasteiger partial charge on any atom is -0.449 e. The van der Waals surface area contributed by atoms with Gasteiger partial charge in [-0.15, -0.1) is 11.8 Å². The van der Waals surface area contributed by atoms with E-state index in [-0.39, 0.29) is 11.9 Å². The van der Waals surface area contributed by atoms with Crippen molar-refractivity contribution in [3.05, 3.63) is 65.7 Å². The molecule has 1 fully saturated rings. The molecule has 0 unspecified atom stereocenters. The van der Waals surface area contributed by atoms with Crippen molar-refractivity contribution in [2.45, 2.75) is 29.8 Å². The van der Waals surface area contributed by atoms with Crippen molar-refractivity contribution in [1.29, 1.82) is 0 Å². The van der Waals surface area contributed by atoms with Crippen LogP contribution in [0.2, 0.25) is 0 Å². The maximum absolute atomic E-state index is 12.7. The van der Waals surface area contributed by atoms with Crippen molar-refractivity contribution in [2.75, 3.05) is 18.8 Å². The van der Waals surface area contributed by atoms with Gasteiger partial charge in [0.1, 0.15) is 0 Å². The van der Waals surface area contributed by atoms with Gasteiger partial charge in [0.15, 0.2) is 5.60 Å². The molecule has 0 saturated carbocycles. The van der Waals surface area contributed by atoms with Crippen molar-refractivity contribution >= 4 is 23.6 Å². The number of carbonyl (C=O) groups is 2. The summed E-state index contributed by atoms with van der Waals surface area (Å²) in [6, 6.07) is 17.7. The number of piperidine rings is 1. The molecule has 134 valence electrons. The summed E-state index contributed by atoms with van der Waals surface area (Å²) in [5, 5.41) is 0. The molecule has 1 saturated heterocycles. The predicted octanol–water partition coefficient (Wildman–Crippen LogP) is 3.86. The van der Waals surface area contributed by atoms with E-state index in [2.05, 4.69) is 12.1 Å². The summed E-state index contributed by atoms with van der Waals surface area (Å²) >= 11 is 1.69. The van der Waals surface area contributed by atoms with Crippen LogP contribution in [-0.2, 0) is 15.1 Å². The molecule has 0 radical (unpaired) electrons. The number of benzene rings is 2. The van der Waals surface area contributed by atoms with E-state index in [1.165, 1.54) is 4.90 Å². The molecular weight excluding hydrogens is 346 g/mol. The molecule has 1 spiro atoms. The van der Waals surface area contributed by atoms with Crippen molar-refractivity contribution in [3.63, 3.8) is 0 Å². The number of nitrogens with zero attached hydrogens (tertiary/aromatic N) is 1.